The van der Waals surface area contributed by atoms with E-state index in [0.717, 1.165) is 5.69 Å². The third kappa shape index (κ3) is 3.65. The van der Waals surface area contributed by atoms with Gasteiger partial charge in [0.15, 0.2) is 0 Å². The summed E-state index contributed by atoms with van der Waals surface area (Å²) in [5.41, 5.74) is 1.67. The molecule has 0 spiro atoms. The van der Waals surface area contributed by atoms with E-state index < -0.39 is 5.97 Å². The van der Waals surface area contributed by atoms with E-state index in [0.29, 0.717) is 5.69 Å². The van der Waals surface area contributed by atoms with Crippen LogP contribution < -0.4 is 0 Å². The maximum atomic E-state index is 11.0. The van der Waals surface area contributed by atoms with Crippen molar-refractivity contribution in [3.63, 3.8) is 0 Å². The van der Waals surface area contributed by atoms with Crippen molar-refractivity contribution in [2.45, 2.75) is 40.0 Å². The molecule has 0 fully saturated rings. The van der Waals surface area contributed by atoms with Crippen molar-refractivity contribution in [3.05, 3.63) is 24.0 Å². The summed E-state index contributed by atoms with van der Waals surface area (Å²) in [6.07, 6.45) is 1.62. The number of hydrogen-bond acceptors (Lipinski definition) is 3. The van der Waals surface area contributed by atoms with Gasteiger partial charge < -0.3 is 5.11 Å². The molecular formula is C14H20N2O2. The average molecular weight is 248 g/mol. The van der Waals surface area contributed by atoms with Crippen LogP contribution in [0.25, 0.3) is 0 Å². The summed E-state index contributed by atoms with van der Waals surface area (Å²) in [5, 5.41) is 9.04. The Kier molecular flexibility index (Phi) is 4.22. The molecule has 4 nitrogen and oxygen atoms in total. The van der Waals surface area contributed by atoms with Gasteiger partial charge in [-0.25, -0.2) is 9.79 Å². The van der Waals surface area contributed by atoms with Crippen molar-refractivity contribution in [2.75, 3.05) is 0 Å². The van der Waals surface area contributed by atoms with Gasteiger partial charge in [0, 0.05) is 17.0 Å². The van der Waals surface area contributed by atoms with Gasteiger partial charge in [-0.05, 0) is 12.1 Å². The minimum absolute atomic E-state index is 0.0179. The second kappa shape index (κ2) is 5.29. The van der Waals surface area contributed by atoms with Crippen LogP contribution in [0.2, 0.25) is 0 Å². The van der Waals surface area contributed by atoms with E-state index in [2.05, 4.69) is 30.7 Å². The van der Waals surface area contributed by atoms with E-state index in [9.17, 15) is 4.79 Å². The van der Waals surface area contributed by atoms with Crippen LogP contribution in [0.3, 0.4) is 0 Å². The third-order valence-corrected chi connectivity index (χ3v) is 2.53. The predicted molar refractivity (Wildman–Crippen MR) is 72.5 cm³/mol. The fraction of sp³-hybridized carbons (Fsp3) is 0.500. The lowest BCUT2D eigenvalue weighted by Gasteiger charge is -2.17. The number of carboxylic acid groups (broad SMARTS) is 1. The topological polar surface area (TPSA) is 62.5 Å². The Labute approximate surface area is 108 Å². The maximum absolute atomic E-state index is 11.0. The van der Waals surface area contributed by atoms with Crippen LogP contribution in [0.1, 0.15) is 40.3 Å². The van der Waals surface area contributed by atoms with Gasteiger partial charge >= 0.3 is 5.97 Å². The summed E-state index contributed by atoms with van der Waals surface area (Å²) >= 11 is 0. The molecule has 18 heavy (non-hydrogen) atoms. The molecule has 1 aromatic heterocycles. The molecule has 0 saturated carbocycles. The number of aromatic nitrogens is 1. The molecule has 0 bridgehead atoms. The summed E-state index contributed by atoms with van der Waals surface area (Å²) in [5.74, 6) is -1.10. The van der Waals surface area contributed by atoms with Crippen LogP contribution in [0.5, 0.6) is 0 Å². The van der Waals surface area contributed by atoms with Crippen molar-refractivity contribution >= 4 is 17.4 Å². The van der Waals surface area contributed by atoms with Gasteiger partial charge in [-0.3, -0.25) is 4.98 Å². The van der Waals surface area contributed by atoms with Crippen LogP contribution in [-0.2, 0) is 10.2 Å². The molecule has 1 aromatic rings. The van der Waals surface area contributed by atoms with E-state index in [-0.39, 0.29) is 17.0 Å². The number of rotatable bonds is 3. The van der Waals surface area contributed by atoms with Gasteiger partial charge in [0.2, 0.25) is 0 Å². The number of aliphatic carboxylic acids is 1. The Hall–Kier alpha value is -1.71. The molecule has 1 heterocycles. The van der Waals surface area contributed by atoms with Crippen LogP contribution in [0.4, 0.5) is 5.69 Å². The first-order chi connectivity index (χ1) is 8.21. The lowest BCUT2D eigenvalue weighted by molar-refractivity contribution is -0.129. The minimum atomic E-state index is -0.982. The Morgan fingerprint density at radius 3 is 2.28 bits per heavy atom. The zero-order valence-electron chi connectivity index (χ0n) is 11.6. The standard InChI is InChI=1S/C14H20N2O2/c1-9(2)12(13(17)18)16-10-6-7-11(15-8-10)14(3,4)5/h6-9H,1-5H3,(H,17,18). The SMILES string of the molecule is CC(C)C(=Nc1ccc(C(C)(C)C)nc1)C(=O)O. The third-order valence-electron chi connectivity index (χ3n) is 2.53. The molecule has 0 aliphatic carbocycles. The molecular weight excluding hydrogens is 228 g/mol. The first-order valence-corrected chi connectivity index (χ1v) is 6.00. The van der Waals surface area contributed by atoms with Gasteiger partial charge in [0.25, 0.3) is 0 Å². The molecule has 0 unspecified atom stereocenters. The Morgan fingerprint density at radius 1 is 1.33 bits per heavy atom. The van der Waals surface area contributed by atoms with Crippen LogP contribution in [-0.4, -0.2) is 21.8 Å². The van der Waals surface area contributed by atoms with Gasteiger partial charge in [-0.15, -0.1) is 0 Å². The number of aliphatic imine (C=N–C) groups is 1. The molecule has 0 atom stereocenters. The number of hydrogen-bond donors (Lipinski definition) is 1. The normalized spacial score (nSPS) is 12.9. The second-order valence-electron chi connectivity index (χ2n) is 5.61. The van der Waals surface area contributed by atoms with Crippen molar-refractivity contribution in [2.24, 2.45) is 10.9 Å². The first-order valence-electron chi connectivity index (χ1n) is 6.00. The molecule has 0 aromatic carbocycles. The highest BCUT2D eigenvalue weighted by molar-refractivity contribution is 6.36. The zero-order chi connectivity index (χ0) is 13.9. The van der Waals surface area contributed by atoms with Gasteiger partial charge in [-0.1, -0.05) is 34.6 Å². The number of nitrogens with zero attached hydrogens (tertiary/aromatic N) is 2. The Morgan fingerprint density at radius 2 is 1.94 bits per heavy atom. The largest absolute Gasteiger partial charge is 0.477 e. The highest BCUT2D eigenvalue weighted by atomic mass is 16.4. The molecule has 98 valence electrons. The maximum Gasteiger partial charge on any atom is 0.350 e. The summed E-state index contributed by atoms with van der Waals surface area (Å²) < 4.78 is 0. The van der Waals surface area contributed by atoms with Gasteiger partial charge in [-0.2, -0.15) is 0 Å². The molecule has 0 saturated heterocycles. The quantitative estimate of drug-likeness (QED) is 0.835. The molecule has 0 aliphatic heterocycles. The van der Waals surface area contributed by atoms with Crippen LogP contribution in [0.15, 0.2) is 23.3 Å². The lowest BCUT2D eigenvalue weighted by Crippen LogP contribution is -2.19. The van der Waals surface area contributed by atoms with E-state index in [1.165, 1.54) is 0 Å². The van der Waals surface area contributed by atoms with Crippen molar-refractivity contribution in [3.8, 4) is 0 Å². The minimum Gasteiger partial charge on any atom is -0.477 e. The second-order valence-corrected chi connectivity index (χ2v) is 5.61. The molecule has 4 heteroatoms. The fourth-order valence-electron chi connectivity index (χ4n) is 1.46. The summed E-state index contributed by atoms with van der Waals surface area (Å²) in [6.45, 7) is 9.85. The smallest absolute Gasteiger partial charge is 0.350 e. The number of pyridine rings is 1. The average Bonchev–Trinajstić information content (AvgIpc) is 2.24. The first kappa shape index (κ1) is 14.4. The van der Waals surface area contributed by atoms with Gasteiger partial charge in [0.05, 0.1) is 11.9 Å². The Bertz CT molecular complexity index is 454. The molecule has 1 N–H and O–H groups in total. The summed E-state index contributed by atoms with van der Waals surface area (Å²) in [7, 11) is 0. The van der Waals surface area contributed by atoms with E-state index in [4.69, 9.17) is 5.11 Å². The predicted octanol–water partition coefficient (Wildman–Crippen LogP) is 3.19. The van der Waals surface area contributed by atoms with E-state index in [1.54, 1.807) is 12.3 Å². The van der Waals surface area contributed by atoms with Gasteiger partial charge in [0.1, 0.15) is 5.71 Å². The van der Waals surface area contributed by atoms with E-state index in [1.807, 2.05) is 19.9 Å². The monoisotopic (exact) mass is 248 g/mol. The highest BCUT2D eigenvalue weighted by Crippen LogP contribution is 2.22. The number of carbonyl (C=O) groups is 1. The lowest BCUT2D eigenvalue weighted by atomic mass is 9.92. The fourth-order valence-corrected chi connectivity index (χ4v) is 1.46. The molecule has 0 radical (unpaired) electrons. The Balaban J connectivity index is 3.06. The van der Waals surface area contributed by atoms with Crippen molar-refractivity contribution in [1.82, 2.24) is 4.98 Å². The van der Waals surface area contributed by atoms with E-state index >= 15 is 0 Å². The molecule has 0 amide bonds. The van der Waals surface area contributed by atoms with Crippen molar-refractivity contribution < 1.29 is 9.90 Å². The number of carboxylic acids is 1. The summed E-state index contributed by atoms with van der Waals surface area (Å²) in [4.78, 5) is 19.5. The highest BCUT2D eigenvalue weighted by Gasteiger charge is 2.16. The molecule has 1 rings (SSSR count). The summed E-state index contributed by atoms with van der Waals surface area (Å²) in [6, 6.07) is 3.69. The zero-order valence-corrected chi connectivity index (χ0v) is 11.6. The van der Waals surface area contributed by atoms with Crippen molar-refractivity contribution in [1.29, 1.82) is 0 Å². The molecule has 0 aliphatic rings. The van der Waals surface area contributed by atoms with Crippen LogP contribution in [0, 0.1) is 5.92 Å². The van der Waals surface area contributed by atoms with Crippen LogP contribution >= 0.6 is 0 Å².